The number of para-hydroxylation sites is 1. The first kappa shape index (κ1) is 31.4. The van der Waals surface area contributed by atoms with E-state index >= 15 is 0 Å². The predicted octanol–water partition coefficient (Wildman–Crippen LogP) is 13.5. The molecule has 0 atom stereocenters. The number of hydrogen-bond donors (Lipinski definition) is 0. The summed E-state index contributed by atoms with van der Waals surface area (Å²) in [5, 5.41) is 7.49. The van der Waals surface area contributed by atoms with Gasteiger partial charge < -0.3 is 4.57 Å². The summed E-state index contributed by atoms with van der Waals surface area (Å²) in [4.78, 5) is 9.39. The van der Waals surface area contributed by atoms with E-state index in [-0.39, 0.29) is 0 Å². The molecule has 7 aromatic carbocycles. The van der Waals surface area contributed by atoms with Crippen molar-refractivity contribution in [3.63, 3.8) is 0 Å². The minimum absolute atomic E-state index is 0.989. The summed E-state index contributed by atoms with van der Waals surface area (Å²) in [6.07, 6.45) is 14.6. The monoisotopic (exact) mass is 701 g/mol. The van der Waals surface area contributed by atoms with Crippen LogP contribution in [0, 0.1) is 0 Å². The molecule has 0 saturated heterocycles. The Balaban J connectivity index is 1.04. The van der Waals surface area contributed by atoms with E-state index in [4.69, 9.17) is 4.98 Å². The van der Waals surface area contributed by atoms with Crippen LogP contribution in [0.1, 0.15) is 17.5 Å². The van der Waals surface area contributed by atoms with Crippen molar-refractivity contribution < 1.29 is 0 Å². The molecule has 10 aromatic rings. The number of fused-ring (bicyclic) bond motifs is 6. The molecule has 0 radical (unpaired) electrons. The molecule has 55 heavy (non-hydrogen) atoms. The van der Waals surface area contributed by atoms with Gasteiger partial charge in [0, 0.05) is 46.2 Å². The summed E-state index contributed by atoms with van der Waals surface area (Å²) in [5.41, 5.74) is 15.8. The average Bonchev–Trinajstić information content (AvgIpc) is 3.59. The summed E-state index contributed by atoms with van der Waals surface area (Å²) in [7, 11) is 0. The largest absolute Gasteiger partial charge is 0.308 e. The highest BCUT2D eigenvalue weighted by molar-refractivity contribution is 6.14. The second-order valence-corrected chi connectivity index (χ2v) is 14.5. The van der Waals surface area contributed by atoms with Gasteiger partial charge in [0.1, 0.15) is 0 Å². The number of nitrogens with zero attached hydrogens (tertiary/aromatic N) is 3. The average molecular weight is 702 g/mol. The molecule has 1 aliphatic carbocycles. The zero-order valence-electron chi connectivity index (χ0n) is 30.2. The smallest absolute Gasteiger partial charge is 0.0724 e. The maximum atomic E-state index is 4.90. The summed E-state index contributed by atoms with van der Waals surface area (Å²) >= 11 is 0. The van der Waals surface area contributed by atoms with Crippen molar-refractivity contribution in [3.8, 4) is 50.2 Å². The van der Waals surface area contributed by atoms with Gasteiger partial charge in [0.25, 0.3) is 0 Å². The van der Waals surface area contributed by atoms with Gasteiger partial charge in [-0.1, -0.05) is 121 Å². The van der Waals surface area contributed by atoms with Gasteiger partial charge in [0.15, 0.2) is 0 Å². The Morgan fingerprint density at radius 3 is 2.05 bits per heavy atom. The van der Waals surface area contributed by atoms with Crippen LogP contribution in [0.25, 0.3) is 99.6 Å². The van der Waals surface area contributed by atoms with Gasteiger partial charge in [-0.25, -0.2) is 0 Å². The maximum absolute atomic E-state index is 4.90. The lowest BCUT2D eigenvalue weighted by Crippen LogP contribution is -2.03. The van der Waals surface area contributed by atoms with E-state index in [1.807, 2.05) is 18.6 Å². The van der Waals surface area contributed by atoms with E-state index in [1.165, 1.54) is 76.8 Å². The van der Waals surface area contributed by atoms with Crippen LogP contribution in [0.2, 0.25) is 0 Å². The van der Waals surface area contributed by atoms with Crippen LogP contribution in [0.5, 0.6) is 0 Å². The Labute approximate surface area is 319 Å². The molecular formula is C52H35N3. The fourth-order valence-corrected chi connectivity index (χ4v) is 8.96. The number of allylic oxidation sites excluding steroid dienone is 1. The third-order valence-corrected chi connectivity index (χ3v) is 11.4. The summed E-state index contributed by atoms with van der Waals surface area (Å²) < 4.78 is 2.31. The Morgan fingerprint density at radius 1 is 0.455 bits per heavy atom. The van der Waals surface area contributed by atoms with Crippen molar-refractivity contribution in [1.29, 1.82) is 0 Å². The first-order chi connectivity index (χ1) is 27.3. The zero-order chi connectivity index (χ0) is 36.3. The second kappa shape index (κ2) is 12.8. The van der Waals surface area contributed by atoms with Crippen molar-refractivity contribution in [3.05, 3.63) is 194 Å². The van der Waals surface area contributed by atoms with E-state index in [1.54, 1.807) is 0 Å². The second-order valence-electron chi connectivity index (χ2n) is 14.5. The van der Waals surface area contributed by atoms with Gasteiger partial charge in [0.2, 0.25) is 0 Å². The lowest BCUT2D eigenvalue weighted by Gasteiger charge is -2.24. The van der Waals surface area contributed by atoms with Gasteiger partial charge in [-0.15, -0.1) is 0 Å². The minimum Gasteiger partial charge on any atom is -0.308 e. The lowest BCUT2D eigenvalue weighted by molar-refractivity contribution is 0.991. The molecule has 0 N–H and O–H groups in total. The molecule has 0 fully saturated rings. The SMILES string of the molecule is C1=Cc2c(c(-c3cncc(-c4cccc(-c5ccc6c(c5)c5ccncc5n6-c5ccccc5)c4)c3)c3ccccc3c2-c2cccc3ccccc23)CC1. The molecule has 0 saturated carbocycles. The summed E-state index contributed by atoms with van der Waals surface area (Å²) in [5.74, 6) is 0. The summed E-state index contributed by atoms with van der Waals surface area (Å²) in [6, 6.07) is 55.1. The highest BCUT2D eigenvalue weighted by Gasteiger charge is 2.23. The Bertz CT molecular complexity index is 3150. The predicted molar refractivity (Wildman–Crippen MR) is 230 cm³/mol. The molecule has 0 unspecified atom stereocenters. The molecule has 3 heteroatoms. The number of hydrogen-bond acceptors (Lipinski definition) is 2. The lowest BCUT2D eigenvalue weighted by atomic mass is 9.79. The summed E-state index contributed by atoms with van der Waals surface area (Å²) in [6.45, 7) is 0. The van der Waals surface area contributed by atoms with Crippen LogP contribution in [-0.2, 0) is 6.42 Å². The van der Waals surface area contributed by atoms with Crippen molar-refractivity contribution in [1.82, 2.24) is 14.5 Å². The van der Waals surface area contributed by atoms with E-state index in [2.05, 4.69) is 180 Å². The third-order valence-electron chi connectivity index (χ3n) is 11.4. The van der Waals surface area contributed by atoms with Gasteiger partial charge in [-0.2, -0.15) is 0 Å². The molecule has 3 aromatic heterocycles. The number of pyridine rings is 2. The van der Waals surface area contributed by atoms with Crippen LogP contribution in [0.3, 0.4) is 0 Å². The minimum atomic E-state index is 0.989. The van der Waals surface area contributed by atoms with E-state index in [0.717, 1.165) is 40.7 Å². The highest BCUT2D eigenvalue weighted by Crippen LogP contribution is 2.46. The molecule has 11 rings (SSSR count). The molecule has 0 amide bonds. The van der Waals surface area contributed by atoms with Crippen LogP contribution in [0.4, 0.5) is 0 Å². The number of aromatic nitrogens is 3. The quantitative estimate of drug-likeness (QED) is 0.179. The van der Waals surface area contributed by atoms with Crippen molar-refractivity contribution in [2.75, 3.05) is 0 Å². The molecule has 0 bridgehead atoms. The number of rotatable bonds is 5. The molecule has 3 heterocycles. The number of benzene rings is 7. The fraction of sp³-hybridized carbons (Fsp3) is 0.0385. The highest BCUT2D eigenvalue weighted by atomic mass is 15.0. The molecule has 0 spiro atoms. The maximum Gasteiger partial charge on any atom is 0.0724 e. The van der Waals surface area contributed by atoms with Crippen LogP contribution in [0.15, 0.2) is 183 Å². The van der Waals surface area contributed by atoms with Gasteiger partial charge in [0.05, 0.1) is 17.2 Å². The van der Waals surface area contributed by atoms with E-state index in [0.29, 0.717) is 0 Å². The Morgan fingerprint density at radius 2 is 1.16 bits per heavy atom. The third kappa shape index (κ3) is 5.12. The topological polar surface area (TPSA) is 30.7 Å². The van der Waals surface area contributed by atoms with Crippen LogP contribution >= 0.6 is 0 Å². The molecule has 1 aliphatic rings. The van der Waals surface area contributed by atoms with Crippen molar-refractivity contribution in [2.24, 2.45) is 0 Å². The van der Waals surface area contributed by atoms with Gasteiger partial charge in [-0.3, -0.25) is 9.97 Å². The first-order valence-electron chi connectivity index (χ1n) is 19.0. The van der Waals surface area contributed by atoms with E-state index < -0.39 is 0 Å². The van der Waals surface area contributed by atoms with Crippen LogP contribution in [-0.4, -0.2) is 14.5 Å². The zero-order valence-corrected chi connectivity index (χ0v) is 30.2. The standard InChI is InChI=1S/C52H35N3/c1-2-16-40(17-3-1)55-49-25-24-37(30-48(49)42-26-27-53-33-50(42)55)35-14-10-15-36(28-35)38-29-39(32-54-31-38)51-44-19-6-8-21-46(44)52(47-22-9-7-20-45(47)51)43-23-11-13-34-12-4-5-18-41(34)43/h1-6,8-19,21-33H,7,20H2. The molecule has 3 nitrogen and oxygen atoms in total. The molecule has 258 valence electrons. The Kier molecular flexibility index (Phi) is 7.31. The van der Waals surface area contributed by atoms with Crippen LogP contribution < -0.4 is 0 Å². The molecule has 0 aliphatic heterocycles. The van der Waals surface area contributed by atoms with Crippen molar-refractivity contribution in [2.45, 2.75) is 12.8 Å². The Hall–Kier alpha value is -7.10. The van der Waals surface area contributed by atoms with Crippen molar-refractivity contribution >= 4 is 49.4 Å². The van der Waals surface area contributed by atoms with E-state index in [9.17, 15) is 0 Å². The normalized spacial score (nSPS) is 12.5. The van der Waals surface area contributed by atoms with Gasteiger partial charge >= 0.3 is 0 Å². The first-order valence-corrected chi connectivity index (χ1v) is 19.0. The van der Waals surface area contributed by atoms with Gasteiger partial charge in [-0.05, 0) is 121 Å². The molecular weight excluding hydrogens is 667 g/mol. The fourth-order valence-electron chi connectivity index (χ4n) is 8.96.